The highest BCUT2D eigenvalue weighted by molar-refractivity contribution is 5.76. The third-order valence-electron chi connectivity index (χ3n) is 3.08. The standard InChI is InChI=1S/C9H10O3.C9H12O2.C2H6/c1-11-8-4-3-7(6-10)5-9(8)12-2;1-7-4-5-8(10-2)9(6-7)11-3;1-2/h3-6H,1-2H3;4-6H,1-3H3;1-2H3. The Labute approximate surface area is 150 Å². The van der Waals surface area contributed by atoms with Crippen LogP contribution in [-0.2, 0) is 0 Å². The Hall–Kier alpha value is -2.69. The SMILES string of the molecule is CC.COc1ccc(C)cc1OC.COc1ccc(C=O)cc1OC. The van der Waals surface area contributed by atoms with Gasteiger partial charge in [0.05, 0.1) is 28.4 Å². The molecule has 0 aliphatic heterocycles. The topological polar surface area (TPSA) is 54.0 Å². The summed E-state index contributed by atoms with van der Waals surface area (Å²) in [7, 11) is 6.36. The molecule has 0 aliphatic carbocycles. The van der Waals surface area contributed by atoms with E-state index in [1.165, 1.54) is 12.7 Å². The Morgan fingerprint density at radius 3 is 1.56 bits per heavy atom. The number of benzene rings is 2. The van der Waals surface area contributed by atoms with Crippen LogP contribution in [0.3, 0.4) is 0 Å². The minimum atomic E-state index is 0.571. The largest absolute Gasteiger partial charge is 0.493 e. The number of hydrogen-bond acceptors (Lipinski definition) is 5. The third kappa shape index (κ3) is 7.16. The molecule has 0 atom stereocenters. The lowest BCUT2D eigenvalue weighted by atomic mass is 10.2. The van der Waals surface area contributed by atoms with Crippen molar-refractivity contribution in [2.45, 2.75) is 20.8 Å². The van der Waals surface area contributed by atoms with Crippen molar-refractivity contribution in [3.63, 3.8) is 0 Å². The van der Waals surface area contributed by atoms with E-state index in [1.54, 1.807) is 39.5 Å². The second kappa shape index (κ2) is 12.7. The van der Waals surface area contributed by atoms with Crippen molar-refractivity contribution in [3.05, 3.63) is 47.5 Å². The van der Waals surface area contributed by atoms with Crippen LogP contribution >= 0.6 is 0 Å². The minimum absolute atomic E-state index is 0.571. The molecule has 0 aliphatic rings. The zero-order valence-corrected chi connectivity index (χ0v) is 16.1. The van der Waals surface area contributed by atoms with E-state index in [-0.39, 0.29) is 0 Å². The van der Waals surface area contributed by atoms with Gasteiger partial charge in [-0.25, -0.2) is 0 Å². The van der Waals surface area contributed by atoms with Crippen LogP contribution < -0.4 is 18.9 Å². The van der Waals surface area contributed by atoms with Gasteiger partial charge in [-0.15, -0.1) is 0 Å². The monoisotopic (exact) mass is 348 g/mol. The highest BCUT2D eigenvalue weighted by Gasteiger charge is 2.02. The summed E-state index contributed by atoms with van der Waals surface area (Å²) in [4.78, 5) is 10.4. The number of aldehydes is 1. The van der Waals surface area contributed by atoms with Crippen LogP contribution in [-0.4, -0.2) is 34.7 Å². The Bertz CT molecular complexity index is 638. The summed E-state index contributed by atoms with van der Waals surface area (Å²) in [6.45, 7) is 6.02. The van der Waals surface area contributed by atoms with Crippen molar-refractivity contribution < 1.29 is 23.7 Å². The molecule has 2 aromatic carbocycles. The van der Waals surface area contributed by atoms with Crippen molar-refractivity contribution in [2.24, 2.45) is 0 Å². The van der Waals surface area contributed by atoms with Crippen LogP contribution in [0.25, 0.3) is 0 Å². The summed E-state index contributed by atoms with van der Waals surface area (Å²) in [5.74, 6) is 2.76. The maximum absolute atomic E-state index is 10.4. The van der Waals surface area contributed by atoms with E-state index >= 15 is 0 Å². The van der Waals surface area contributed by atoms with Gasteiger partial charge in [-0.1, -0.05) is 19.9 Å². The lowest BCUT2D eigenvalue weighted by molar-refractivity contribution is 0.112. The van der Waals surface area contributed by atoms with Crippen molar-refractivity contribution in [3.8, 4) is 23.0 Å². The summed E-state index contributed by atoms with van der Waals surface area (Å²) in [5.41, 5.74) is 1.75. The zero-order valence-electron chi connectivity index (χ0n) is 16.1. The van der Waals surface area contributed by atoms with Gasteiger partial charge in [0.25, 0.3) is 0 Å². The Kier molecular flexibility index (Phi) is 11.3. The van der Waals surface area contributed by atoms with Gasteiger partial charge >= 0.3 is 0 Å². The van der Waals surface area contributed by atoms with Crippen LogP contribution in [0.15, 0.2) is 36.4 Å². The molecule has 5 nitrogen and oxygen atoms in total. The van der Waals surface area contributed by atoms with Crippen LogP contribution in [0.1, 0.15) is 29.8 Å². The van der Waals surface area contributed by atoms with Crippen LogP contribution in [0.4, 0.5) is 0 Å². The van der Waals surface area contributed by atoms with Crippen molar-refractivity contribution in [2.75, 3.05) is 28.4 Å². The van der Waals surface area contributed by atoms with Gasteiger partial charge in [-0.05, 0) is 42.8 Å². The fourth-order valence-electron chi connectivity index (χ4n) is 1.87. The Morgan fingerprint density at radius 1 is 0.680 bits per heavy atom. The molecule has 2 rings (SSSR count). The smallest absolute Gasteiger partial charge is 0.161 e. The average molecular weight is 348 g/mol. The first-order chi connectivity index (χ1) is 12.1. The molecule has 0 spiro atoms. The number of methoxy groups -OCH3 is 4. The molecule has 0 aromatic heterocycles. The highest BCUT2D eigenvalue weighted by atomic mass is 16.5. The summed E-state index contributed by atoms with van der Waals surface area (Å²) < 4.78 is 20.1. The molecule has 0 bridgehead atoms. The molecular weight excluding hydrogens is 320 g/mol. The normalized spacial score (nSPS) is 8.76. The van der Waals surface area contributed by atoms with E-state index in [0.717, 1.165) is 17.8 Å². The van der Waals surface area contributed by atoms with Crippen LogP contribution in [0, 0.1) is 6.92 Å². The lowest BCUT2D eigenvalue weighted by Gasteiger charge is -2.06. The lowest BCUT2D eigenvalue weighted by Crippen LogP contribution is -1.91. The minimum Gasteiger partial charge on any atom is -0.493 e. The van der Waals surface area contributed by atoms with E-state index in [2.05, 4.69) is 0 Å². The van der Waals surface area contributed by atoms with Gasteiger partial charge in [0.2, 0.25) is 0 Å². The first-order valence-electron chi connectivity index (χ1n) is 7.95. The van der Waals surface area contributed by atoms with Crippen LogP contribution in [0.5, 0.6) is 23.0 Å². The fraction of sp³-hybridized carbons (Fsp3) is 0.350. The molecule has 0 amide bonds. The molecule has 5 heteroatoms. The summed E-state index contributed by atoms with van der Waals surface area (Å²) in [6, 6.07) is 10.8. The average Bonchev–Trinajstić information content (AvgIpc) is 2.69. The number of carbonyl (C=O) groups is 1. The quantitative estimate of drug-likeness (QED) is 0.742. The number of hydrogen-bond donors (Lipinski definition) is 0. The van der Waals surface area contributed by atoms with Gasteiger partial charge in [0.1, 0.15) is 6.29 Å². The zero-order chi connectivity index (χ0) is 19.2. The van der Waals surface area contributed by atoms with E-state index in [1.807, 2.05) is 39.0 Å². The molecule has 0 N–H and O–H groups in total. The number of aryl methyl sites for hydroxylation is 1. The second-order valence-corrected chi connectivity index (χ2v) is 4.59. The predicted molar refractivity (Wildman–Crippen MR) is 101 cm³/mol. The summed E-state index contributed by atoms with van der Waals surface area (Å²) >= 11 is 0. The number of carbonyl (C=O) groups excluding carboxylic acids is 1. The first kappa shape index (κ1) is 22.3. The molecule has 0 unspecified atom stereocenters. The molecule has 0 saturated heterocycles. The summed E-state index contributed by atoms with van der Waals surface area (Å²) in [5, 5.41) is 0. The maximum Gasteiger partial charge on any atom is 0.161 e. The molecule has 0 fully saturated rings. The van der Waals surface area contributed by atoms with E-state index < -0.39 is 0 Å². The Balaban J connectivity index is 0.000000421. The van der Waals surface area contributed by atoms with Gasteiger partial charge in [-0.3, -0.25) is 4.79 Å². The molecule has 0 heterocycles. The Morgan fingerprint density at radius 2 is 1.12 bits per heavy atom. The van der Waals surface area contributed by atoms with Crippen molar-refractivity contribution in [1.29, 1.82) is 0 Å². The second-order valence-electron chi connectivity index (χ2n) is 4.59. The molecule has 0 saturated carbocycles. The van der Waals surface area contributed by atoms with Crippen molar-refractivity contribution in [1.82, 2.24) is 0 Å². The van der Waals surface area contributed by atoms with E-state index in [4.69, 9.17) is 18.9 Å². The maximum atomic E-state index is 10.4. The van der Waals surface area contributed by atoms with E-state index in [9.17, 15) is 4.79 Å². The number of ether oxygens (including phenoxy) is 4. The molecule has 2 aromatic rings. The molecule has 0 radical (unpaired) electrons. The van der Waals surface area contributed by atoms with Gasteiger partial charge in [0.15, 0.2) is 23.0 Å². The van der Waals surface area contributed by atoms with Crippen molar-refractivity contribution >= 4 is 6.29 Å². The van der Waals surface area contributed by atoms with E-state index in [0.29, 0.717) is 17.1 Å². The van der Waals surface area contributed by atoms with Crippen LogP contribution in [0.2, 0.25) is 0 Å². The third-order valence-corrected chi connectivity index (χ3v) is 3.08. The predicted octanol–water partition coefficient (Wildman–Crippen LogP) is 4.55. The molecule has 138 valence electrons. The number of rotatable bonds is 5. The summed E-state index contributed by atoms with van der Waals surface area (Å²) in [6.07, 6.45) is 0.766. The first-order valence-corrected chi connectivity index (χ1v) is 7.95. The van der Waals surface area contributed by atoms with Gasteiger partial charge in [0, 0.05) is 5.56 Å². The van der Waals surface area contributed by atoms with Gasteiger partial charge < -0.3 is 18.9 Å². The van der Waals surface area contributed by atoms with Gasteiger partial charge in [-0.2, -0.15) is 0 Å². The molecular formula is C20H28O5. The fourth-order valence-corrected chi connectivity index (χ4v) is 1.87. The molecule has 25 heavy (non-hydrogen) atoms. The highest BCUT2D eigenvalue weighted by Crippen LogP contribution is 2.27.